The van der Waals surface area contributed by atoms with Crippen LogP contribution in [0.15, 0.2) is 109 Å². The molecule has 0 fully saturated rings. The van der Waals surface area contributed by atoms with Crippen molar-refractivity contribution in [1.29, 1.82) is 10.5 Å². The van der Waals surface area contributed by atoms with Gasteiger partial charge in [0, 0.05) is 27.5 Å². The standard InChI is InChI=1S/C33H18F3N3/c34-33(35,36)24-14-15-27-25-10-4-6-12-30(25)39(32(27)17-24)31-13-7-5-11-26(31)29-18-28(21-8-2-1-3-9-21)22(19-37)16-23(29)20-38/h1-18H. The van der Waals surface area contributed by atoms with Gasteiger partial charge in [0.15, 0.2) is 0 Å². The molecule has 0 aliphatic heterocycles. The van der Waals surface area contributed by atoms with Gasteiger partial charge in [0.2, 0.25) is 0 Å². The van der Waals surface area contributed by atoms with Crippen LogP contribution in [0, 0.1) is 22.7 Å². The number of aromatic nitrogens is 1. The van der Waals surface area contributed by atoms with Crippen LogP contribution in [0.4, 0.5) is 13.2 Å². The molecule has 0 unspecified atom stereocenters. The number of nitrogens with zero attached hydrogens (tertiary/aromatic N) is 3. The van der Waals surface area contributed by atoms with Gasteiger partial charge < -0.3 is 4.57 Å². The van der Waals surface area contributed by atoms with E-state index in [9.17, 15) is 23.7 Å². The monoisotopic (exact) mass is 513 g/mol. The molecule has 0 aliphatic carbocycles. The van der Waals surface area contributed by atoms with E-state index in [0.29, 0.717) is 44.4 Å². The van der Waals surface area contributed by atoms with Crippen molar-refractivity contribution in [1.82, 2.24) is 4.57 Å². The van der Waals surface area contributed by atoms with Crippen LogP contribution in [0.3, 0.4) is 0 Å². The Kier molecular flexibility index (Phi) is 5.67. The Morgan fingerprint density at radius 1 is 0.564 bits per heavy atom. The largest absolute Gasteiger partial charge is 0.416 e. The van der Waals surface area contributed by atoms with Crippen LogP contribution in [0.2, 0.25) is 0 Å². The van der Waals surface area contributed by atoms with Crippen LogP contribution < -0.4 is 0 Å². The van der Waals surface area contributed by atoms with Gasteiger partial charge in [-0.25, -0.2) is 0 Å². The zero-order chi connectivity index (χ0) is 27.1. The minimum Gasteiger partial charge on any atom is -0.309 e. The minimum absolute atomic E-state index is 0.301. The Morgan fingerprint density at radius 2 is 1.21 bits per heavy atom. The molecule has 0 saturated heterocycles. The third-order valence-electron chi connectivity index (χ3n) is 6.92. The number of fused-ring (bicyclic) bond motifs is 3. The van der Waals surface area contributed by atoms with E-state index in [0.717, 1.165) is 22.5 Å². The van der Waals surface area contributed by atoms with E-state index in [4.69, 9.17) is 0 Å². The smallest absolute Gasteiger partial charge is 0.309 e. The van der Waals surface area contributed by atoms with Gasteiger partial charge in [0.05, 0.1) is 45.5 Å². The van der Waals surface area contributed by atoms with E-state index < -0.39 is 11.7 Å². The van der Waals surface area contributed by atoms with Crippen molar-refractivity contribution in [3.63, 3.8) is 0 Å². The highest BCUT2D eigenvalue weighted by Gasteiger charge is 2.31. The highest BCUT2D eigenvalue weighted by Crippen LogP contribution is 2.41. The number of para-hydroxylation sites is 2. The first-order chi connectivity index (χ1) is 18.9. The van der Waals surface area contributed by atoms with Gasteiger partial charge in [0.25, 0.3) is 0 Å². The van der Waals surface area contributed by atoms with Gasteiger partial charge in [0.1, 0.15) is 0 Å². The van der Waals surface area contributed by atoms with Crippen molar-refractivity contribution in [3.05, 3.63) is 126 Å². The number of rotatable bonds is 3. The molecule has 6 heteroatoms. The number of benzene rings is 5. The number of hydrogen-bond acceptors (Lipinski definition) is 2. The molecule has 1 aromatic heterocycles. The first-order valence-corrected chi connectivity index (χ1v) is 12.1. The molecule has 6 aromatic rings. The van der Waals surface area contributed by atoms with Gasteiger partial charge >= 0.3 is 6.18 Å². The van der Waals surface area contributed by atoms with Crippen molar-refractivity contribution < 1.29 is 13.2 Å². The van der Waals surface area contributed by atoms with E-state index in [1.54, 1.807) is 6.07 Å². The molecular formula is C33H18F3N3. The summed E-state index contributed by atoms with van der Waals surface area (Å²) in [6.45, 7) is 0. The molecule has 0 amide bonds. The third-order valence-corrected chi connectivity index (χ3v) is 6.92. The minimum atomic E-state index is -4.50. The second-order valence-electron chi connectivity index (χ2n) is 9.13. The summed E-state index contributed by atoms with van der Waals surface area (Å²) in [5.41, 5.74) is 4.46. The van der Waals surface area contributed by atoms with Crippen LogP contribution in [0.25, 0.3) is 49.7 Å². The fraction of sp³-hybridized carbons (Fsp3) is 0.0303. The Hall–Kier alpha value is -5.33. The molecule has 5 aromatic carbocycles. The molecular weight excluding hydrogens is 495 g/mol. The van der Waals surface area contributed by atoms with Gasteiger partial charge in [-0.2, -0.15) is 23.7 Å². The van der Waals surface area contributed by atoms with Crippen LogP contribution in [-0.2, 0) is 6.18 Å². The first kappa shape index (κ1) is 24.0. The first-order valence-electron chi connectivity index (χ1n) is 12.1. The van der Waals surface area contributed by atoms with Crippen LogP contribution in [-0.4, -0.2) is 4.57 Å². The Balaban J connectivity index is 1.70. The van der Waals surface area contributed by atoms with Gasteiger partial charge in [-0.3, -0.25) is 0 Å². The number of nitriles is 2. The molecule has 186 valence electrons. The summed E-state index contributed by atoms with van der Waals surface area (Å²) in [7, 11) is 0. The van der Waals surface area contributed by atoms with Gasteiger partial charge in [-0.1, -0.05) is 72.8 Å². The number of halogens is 3. The van der Waals surface area contributed by atoms with Crippen LogP contribution >= 0.6 is 0 Å². The topological polar surface area (TPSA) is 52.5 Å². The molecule has 0 N–H and O–H groups in total. The number of alkyl halides is 3. The number of hydrogen-bond donors (Lipinski definition) is 0. The lowest BCUT2D eigenvalue weighted by Crippen LogP contribution is -2.05. The van der Waals surface area contributed by atoms with E-state index >= 15 is 0 Å². The van der Waals surface area contributed by atoms with Gasteiger partial charge in [-0.15, -0.1) is 0 Å². The highest BCUT2D eigenvalue weighted by atomic mass is 19.4. The maximum absolute atomic E-state index is 13.8. The zero-order valence-corrected chi connectivity index (χ0v) is 20.4. The van der Waals surface area contributed by atoms with Crippen molar-refractivity contribution in [2.45, 2.75) is 6.18 Å². The summed E-state index contributed by atoms with van der Waals surface area (Å²) in [5, 5.41) is 21.4. The maximum Gasteiger partial charge on any atom is 0.416 e. The summed E-state index contributed by atoms with van der Waals surface area (Å²) in [6.07, 6.45) is -4.50. The molecule has 39 heavy (non-hydrogen) atoms. The SMILES string of the molecule is N#Cc1cc(C#N)c(-c2ccccc2-n2c3ccccc3c3ccc(C(F)(F)F)cc32)cc1-c1ccccc1. The summed E-state index contributed by atoms with van der Waals surface area (Å²) in [4.78, 5) is 0. The predicted molar refractivity (Wildman–Crippen MR) is 146 cm³/mol. The predicted octanol–water partition coefficient (Wildman–Crippen LogP) is 8.88. The lowest BCUT2D eigenvalue weighted by molar-refractivity contribution is -0.137. The zero-order valence-electron chi connectivity index (χ0n) is 20.4. The molecule has 0 aliphatic rings. The van der Waals surface area contributed by atoms with E-state index in [1.807, 2.05) is 89.5 Å². The molecule has 0 spiro atoms. The average Bonchev–Trinajstić information content (AvgIpc) is 3.30. The van der Waals surface area contributed by atoms with E-state index in [1.165, 1.54) is 12.1 Å². The van der Waals surface area contributed by atoms with Crippen molar-refractivity contribution in [3.8, 4) is 40.1 Å². The van der Waals surface area contributed by atoms with Crippen LogP contribution in [0.1, 0.15) is 16.7 Å². The lowest BCUT2D eigenvalue weighted by Gasteiger charge is -2.17. The van der Waals surface area contributed by atoms with Crippen LogP contribution in [0.5, 0.6) is 0 Å². The summed E-state index contributed by atoms with van der Waals surface area (Å²) in [5.74, 6) is 0. The summed E-state index contributed by atoms with van der Waals surface area (Å²) >= 11 is 0. The maximum atomic E-state index is 13.8. The third kappa shape index (κ3) is 4.00. The van der Waals surface area contributed by atoms with Crippen molar-refractivity contribution in [2.75, 3.05) is 0 Å². The Morgan fingerprint density at radius 3 is 1.95 bits per heavy atom. The van der Waals surface area contributed by atoms with Crippen molar-refractivity contribution in [2.24, 2.45) is 0 Å². The molecule has 0 saturated carbocycles. The Bertz CT molecular complexity index is 1970. The highest BCUT2D eigenvalue weighted by molar-refractivity contribution is 6.10. The molecule has 6 rings (SSSR count). The second-order valence-corrected chi connectivity index (χ2v) is 9.13. The van der Waals surface area contributed by atoms with E-state index in [-0.39, 0.29) is 0 Å². The average molecular weight is 514 g/mol. The molecule has 1 heterocycles. The van der Waals surface area contributed by atoms with Gasteiger partial charge in [-0.05, 0) is 42.0 Å². The second kappa shape index (κ2) is 9.20. The van der Waals surface area contributed by atoms with E-state index in [2.05, 4.69) is 12.1 Å². The molecule has 0 atom stereocenters. The fourth-order valence-electron chi connectivity index (χ4n) is 5.17. The summed E-state index contributed by atoms with van der Waals surface area (Å²) in [6, 6.07) is 35.8. The molecule has 3 nitrogen and oxygen atoms in total. The Labute approximate surface area is 222 Å². The molecule has 0 bridgehead atoms. The van der Waals surface area contributed by atoms with Crippen molar-refractivity contribution >= 4 is 21.8 Å². The lowest BCUT2D eigenvalue weighted by atomic mass is 9.90. The quantitative estimate of drug-likeness (QED) is 0.237. The normalized spacial score (nSPS) is 11.4. The fourth-order valence-corrected chi connectivity index (χ4v) is 5.17. The molecule has 0 radical (unpaired) electrons. The summed E-state index contributed by atoms with van der Waals surface area (Å²) < 4.78 is 43.1.